The van der Waals surface area contributed by atoms with Crippen LogP contribution in [-0.2, 0) is 0 Å². The first-order valence-electron chi connectivity index (χ1n) is 6.30. The molecule has 1 fully saturated rings. The molecule has 2 rings (SSSR count). The molecule has 0 radical (unpaired) electrons. The fraction of sp³-hybridized carbons (Fsp3) is 0.667. The Bertz CT molecular complexity index is 349. The third-order valence-corrected chi connectivity index (χ3v) is 3.03. The van der Waals surface area contributed by atoms with Crippen molar-refractivity contribution in [2.45, 2.75) is 13.3 Å². The first-order chi connectivity index (χ1) is 8.31. The average Bonchev–Trinajstić information content (AvgIpc) is 2.40. The van der Waals surface area contributed by atoms with Crippen molar-refractivity contribution in [3.63, 3.8) is 0 Å². The molecule has 0 unspecified atom stereocenters. The quantitative estimate of drug-likeness (QED) is 0.833. The Morgan fingerprint density at radius 3 is 2.82 bits per heavy atom. The van der Waals surface area contributed by atoms with Gasteiger partial charge in [0.1, 0.15) is 18.0 Å². The lowest BCUT2D eigenvalue weighted by atomic mass is 10.3. The van der Waals surface area contributed by atoms with Crippen LogP contribution in [0.15, 0.2) is 12.4 Å². The number of piperazine rings is 1. The first-order valence-corrected chi connectivity index (χ1v) is 6.30. The van der Waals surface area contributed by atoms with Crippen LogP contribution < -0.4 is 15.1 Å². The van der Waals surface area contributed by atoms with Crippen LogP contribution in [0.4, 0.5) is 11.6 Å². The summed E-state index contributed by atoms with van der Waals surface area (Å²) in [6.45, 7) is 7.31. The smallest absolute Gasteiger partial charge is 0.134 e. The molecule has 0 bridgehead atoms. The van der Waals surface area contributed by atoms with Crippen LogP contribution in [0.1, 0.15) is 13.3 Å². The Morgan fingerprint density at radius 2 is 2.12 bits per heavy atom. The summed E-state index contributed by atoms with van der Waals surface area (Å²) in [6.07, 6.45) is 2.79. The summed E-state index contributed by atoms with van der Waals surface area (Å²) >= 11 is 0. The molecule has 1 aromatic heterocycles. The van der Waals surface area contributed by atoms with Gasteiger partial charge in [0.05, 0.1) is 0 Å². The topological polar surface area (TPSA) is 44.3 Å². The maximum Gasteiger partial charge on any atom is 0.134 e. The van der Waals surface area contributed by atoms with Crippen LogP contribution in [0, 0.1) is 0 Å². The zero-order chi connectivity index (χ0) is 12.1. The maximum atomic E-state index is 4.37. The second kappa shape index (κ2) is 5.82. The third kappa shape index (κ3) is 3.06. The van der Waals surface area contributed by atoms with Gasteiger partial charge < -0.3 is 15.1 Å². The number of rotatable bonds is 4. The summed E-state index contributed by atoms with van der Waals surface area (Å²) in [5.41, 5.74) is 0. The van der Waals surface area contributed by atoms with E-state index in [-0.39, 0.29) is 0 Å². The second-order valence-corrected chi connectivity index (χ2v) is 4.39. The minimum atomic E-state index is 1.01. The number of anilines is 2. The third-order valence-electron chi connectivity index (χ3n) is 3.03. The van der Waals surface area contributed by atoms with Crippen molar-refractivity contribution < 1.29 is 0 Å². The zero-order valence-corrected chi connectivity index (χ0v) is 10.7. The van der Waals surface area contributed by atoms with E-state index in [1.54, 1.807) is 6.33 Å². The van der Waals surface area contributed by atoms with Crippen molar-refractivity contribution in [2.24, 2.45) is 0 Å². The molecule has 0 atom stereocenters. The molecule has 17 heavy (non-hydrogen) atoms. The monoisotopic (exact) mass is 235 g/mol. The van der Waals surface area contributed by atoms with Crippen molar-refractivity contribution in [3.05, 3.63) is 12.4 Å². The van der Waals surface area contributed by atoms with Crippen molar-refractivity contribution in [1.29, 1.82) is 0 Å². The van der Waals surface area contributed by atoms with Crippen LogP contribution >= 0.6 is 0 Å². The summed E-state index contributed by atoms with van der Waals surface area (Å²) < 4.78 is 0. The van der Waals surface area contributed by atoms with E-state index < -0.39 is 0 Å². The molecule has 1 N–H and O–H groups in total. The highest BCUT2D eigenvalue weighted by Crippen LogP contribution is 2.16. The van der Waals surface area contributed by atoms with Gasteiger partial charge in [-0.05, 0) is 6.42 Å². The molecule has 5 heteroatoms. The van der Waals surface area contributed by atoms with Crippen LogP contribution in [0.3, 0.4) is 0 Å². The molecule has 1 saturated heterocycles. The van der Waals surface area contributed by atoms with Crippen LogP contribution in [0.25, 0.3) is 0 Å². The fourth-order valence-corrected chi connectivity index (χ4v) is 2.06. The predicted octanol–water partition coefficient (Wildman–Crippen LogP) is 0.732. The SMILES string of the molecule is CCCN(C)c1cc(N2CCNCC2)ncn1. The molecule has 1 aromatic rings. The Balaban J connectivity index is 2.09. The van der Waals surface area contributed by atoms with E-state index in [9.17, 15) is 0 Å². The predicted molar refractivity (Wildman–Crippen MR) is 70.7 cm³/mol. The fourth-order valence-electron chi connectivity index (χ4n) is 2.06. The Kier molecular flexibility index (Phi) is 4.14. The molecule has 1 aliphatic rings. The molecular weight excluding hydrogens is 214 g/mol. The summed E-state index contributed by atoms with van der Waals surface area (Å²) in [4.78, 5) is 13.2. The number of nitrogens with zero attached hydrogens (tertiary/aromatic N) is 4. The molecule has 1 aliphatic heterocycles. The van der Waals surface area contributed by atoms with Crippen molar-refractivity contribution >= 4 is 11.6 Å². The highest BCUT2D eigenvalue weighted by atomic mass is 15.2. The van der Waals surface area contributed by atoms with E-state index in [0.29, 0.717) is 0 Å². The van der Waals surface area contributed by atoms with Gasteiger partial charge in [0.2, 0.25) is 0 Å². The number of hydrogen-bond donors (Lipinski definition) is 1. The lowest BCUT2D eigenvalue weighted by Gasteiger charge is -2.29. The van der Waals surface area contributed by atoms with E-state index in [2.05, 4.69) is 45.1 Å². The van der Waals surface area contributed by atoms with E-state index in [4.69, 9.17) is 0 Å². The Labute approximate surface area is 103 Å². The standard InChI is InChI=1S/C12H21N5/c1-3-6-16(2)11-9-12(15-10-14-11)17-7-4-13-5-8-17/h9-10,13H,3-8H2,1-2H3. The largest absolute Gasteiger partial charge is 0.360 e. The highest BCUT2D eigenvalue weighted by Gasteiger charge is 2.13. The van der Waals surface area contributed by atoms with Crippen molar-refractivity contribution in [2.75, 3.05) is 49.6 Å². The highest BCUT2D eigenvalue weighted by molar-refractivity contribution is 5.49. The van der Waals surface area contributed by atoms with Crippen molar-refractivity contribution in [1.82, 2.24) is 15.3 Å². The van der Waals surface area contributed by atoms with Gasteiger partial charge in [0, 0.05) is 45.8 Å². The average molecular weight is 235 g/mol. The zero-order valence-electron chi connectivity index (χ0n) is 10.7. The summed E-state index contributed by atoms with van der Waals surface area (Å²) in [5, 5.41) is 3.35. The number of aromatic nitrogens is 2. The Hall–Kier alpha value is -1.36. The molecule has 0 saturated carbocycles. The van der Waals surface area contributed by atoms with Gasteiger partial charge in [0.25, 0.3) is 0 Å². The van der Waals surface area contributed by atoms with Gasteiger partial charge in [0.15, 0.2) is 0 Å². The molecule has 2 heterocycles. The molecule has 0 spiro atoms. The normalized spacial score (nSPS) is 16.0. The number of nitrogens with one attached hydrogen (secondary N) is 1. The van der Waals surface area contributed by atoms with Gasteiger partial charge in [-0.3, -0.25) is 0 Å². The Morgan fingerprint density at radius 1 is 1.35 bits per heavy atom. The van der Waals surface area contributed by atoms with Crippen LogP contribution in [-0.4, -0.2) is 49.7 Å². The summed E-state index contributed by atoms with van der Waals surface area (Å²) in [5.74, 6) is 2.05. The van der Waals surface area contributed by atoms with Crippen LogP contribution in [0.2, 0.25) is 0 Å². The van der Waals surface area contributed by atoms with Gasteiger partial charge in [-0.15, -0.1) is 0 Å². The molecule has 0 aliphatic carbocycles. The number of hydrogen-bond acceptors (Lipinski definition) is 5. The van der Waals surface area contributed by atoms with E-state index in [0.717, 1.165) is 50.8 Å². The lowest BCUT2D eigenvalue weighted by molar-refractivity contribution is 0.584. The molecule has 0 aromatic carbocycles. The molecule has 0 amide bonds. The maximum absolute atomic E-state index is 4.37. The van der Waals surface area contributed by atoms with Crippen LogP contribution in [0.5, 0.6) is 0 Å². The second-order valence-electron chi connectivity index (χ2n) is 4.39. The minimum Gasteiger partial charge on any atom is -0.360 e. The van der Waals surface area contributed by atoms with E-state index >= 15 is 0 Å². The minimum absolute atomic E-state index is 1.01. The first kappa shape index (κ1) is 12.1. The van der Waals surface area contributed by atoms with Gasteiger partial charge >= 0.3 is 0 Å². The molecule has 94 valence electrons. The molecule has 5 nitrogen and oxygen atoms in total. The van der Waals surface area contributed by atoms with E-state index in [1.807, 2.05) is 0 Å². The van der Waals surface area contributed by atoms with Crippen molar-refractivity contribution in [3.8, 4) is 0 Å². The van der Waals surface area contributed by atoms with Gasteiger partial charge in [-0.25, -0.2) is 9.97 Å². The lowest BCUT2D eigenvalue weighted by Crippen LogP contribution is -2.44. The summed E-state index contributed by atoms with van der Waals surface area (Å²) in [7, 11) is 2.08. The molecular formula is C12H21N5. The summed E-state index contributed by atoms with van der Waals surface area (Å²) in [6, 6.07) is 2.08. The van der Waals surface area contributed by atoms with E-state index in [1.165, 1.54) is 0 Å². The van der Waals surface area contributed by atoms with Gasteiger partial charge in [-0.1, -0.05) is 6.92 Å². The van der Waals surface area contributed by atoms with Gasteiger partial charge in [-0.2, -0.15) is 0 Å².